The average Bonchev–Trinajstić information content (AvgIpc) is 3.53. The van der Waals surface area contributed by atoms with Crippen molar-refractivity contribution < 1.29 is 14.4 Å². The second-order valence-corrected chi connectivity index (χ2v) is 11.6. The Kier molecular flexibility index (Phi) is 9.08. The van der Waals surface area contributed by atoms with Crippen molar-refractivity contribution in [3.63, 3.8) is 0 Å². The van der Waals surface area contributed by atoms with Crippen LogP contribution in [0.5, 0.6) is 0 Å². The molecule has 1 aromatic carbocycles. The third-order valence-corrected chi connectivity index (χ3v) is 8.60. The van der Waals surface area contributed by atoms with Crippen LogP contribution < -0.4 is 16.4 Å². The van der Waals surface area contributed by atoms with Crippen LogP contribution in [0.2, 0.25) is 5.02 Å². The van der Waals surface area contributed by atoms with Crippen molar-refractivity contribution in [1.29, 1.82) is 0 Å². The molecule has 2 heterocycles. The predicted molar refractivity (Wildman–Crippen MR) is 148 cm³/mol. The number of benzene rings is 1. The Labute approximate surface area is 227 Å². The van der Waals surface area contributed by atoms with Gasteiger partial charge in [0.1, 0.15) is 22.8 Å². The molecule has 37 heavy (non-hydrogen) atoms. The van der Waals surface area contributed by atoms with Crippen molar-refractivity contribution >= 4 is 50.8 Å². The number of rotatable bonds is 8. The van der Waals surface area contributed by atoms with E-state index in [9.17, 15) is 14.4 Å². The maximum Gasteiger partial charge on any atom is 0.247 e. The third kappa shape index (κ3) is 6.44. The van der Waals surface area contributed by atoms with Crippen LogP contribution in [0.25, 0.3) is 11.3 Å². The molecule has 1 saturated heterocycles. The lowest BCUT2D eigenvalue weighted by molar-refractivity contribution is -0.142. The number of nitrogen functional groups attached to an aromatic ring is 1. The summed E-state index contributed by atoms with van der Waals surface area (Å²) in [7, 11) is 0. The van der Waals surface area contributed by atoms with Crippen molar-refractivity contribution in [2.75, 3.05) is 17.6 Å². The van der Waals surface area contributed by atoms with Gasteiger partial charge in [0.15, 0.2) is 5.13 Å². The Morgan fingerprint density at radius 1 is 1.19 bits per heavy atom. The van der Waals surface area contributed by atoms with Gasteiger partial charge in [0.2, 0.25) is 17.7 Å². The Morgan fingerprint density at radius 2 is 1.95 bits per heavy atom. The van der Waals surface area contributed by atoms with E-state index < -0.39 is 12.1 Å². The van der Waals surface area contributed by atoms with Crippen molar-refractivity contribution in [3.05, 3.63) is 29.3 Å². The van der Waals surface area contributed by atoms with Gasteiger partial charge in [-0.05, 0) is 50.2 Å². The van der Waals surface area contributed by atoms with Gasteiger partial charge in [-0.1, -0.05) is 68.2 Å². The smallest absolute Gasteiger partial charge is 0.247 e. The van der Waals surface area contributed by atoms with Crippen molar-refractivity contribution in [1.82, 2.24) is 15.2 Å². The minimum atomic E-state index is -0.616. The summed E-state index contributed by atoms with van der Waals surface area (Å²) in [5, 5.41) is 7.45. The minimum Gasteiger partial charge on any atom is -0.375 e. The van der Waals surface area contributed by atoms with Crippen molar-refractivity contribution in [3.8, 4) is 11.3 Å². The largest absolute Gasteiger partial charge is 0.375 e. The van der Waals surface area contributed by atoms with E-state index in [2.05, 4.69) is 15.6 Å². The summed E-state index contributed by atoms with van der Waals surface area (Å²) < 4.78 is 0. The zero-order valence-electron chi connectivity index (χ0n) is 21.5. The van der Waals surface area contributed by atoms with Crippen LogP contribution in [-0.4, -0.2) is 46.2 Å². The van der Waals surface area contributed by atoms with Crippen molar-refractivity contribution in [2.24, 2.45) is 11.8 Å². The zero-order valence-corrected chi connectivity index (χ0v) is 23.0. The fraction of sp³-hybridized carbons (Fsp3) is 0.556. The molecule has 3 amide bonds. The highest BCUT2D eigenvalue weighted by Gasteiger charge is 2.41. The Hall–Kier alpha value is -2.65. The number of aromatic nitrogens is 1. The quantitative estimate of drug-likeness (QED) is 0.427. The molecule has 1 saturated carbocycles. The Balaban J connectivity index is 1.53. The molecule has 4 rings (SSSR count). The first-order valence-corrected chi connectivity index (χ1v) is 14.4. The summed E-state index contributed by atoms with van der Waals surface area (Å²) >= 11 is 7.34. The maximum atomic E-state index is 13.9. The molecule has 2 aliphatic rings. The van der Waals surface area contributed by atoms with Crippen LogP contribution in [0.4, 0.5) is 10.1 Å². The number of hydrogen-bond acceptors (Lipinski definition) is 6. The molecule has 10 heteroatoms. The summed E-state index contributed by atoms with van der Waals surface area (Å²) in [6.07, 6.45) is 7.07. The molecule has 2 fully saturated rings. The minimum absolute atomic E-state index is 0.0919. The molecule has 0 unspecified atom stereocenters. The second-order valence-electron chi connectivity index (χ2n) is 10.1. The number of thiazole rings is 1. The van der Waals surface area contributed by atoms with E-state index in [1.165, 1.54) is 11.3 Å². The molecular weight excluding hydrogens is 510 g/mol. The van der Waals surface area contributed by atoms with Gasteiger partial charge in [0, 0.05) is 23.0 Å². The van der Waals surface area contributed by atoms with Crippen LogP contribution in [0.3, 0.4) is 0 Å². The standard InChI is InChI=1S/C27H36ClN5O3S/c1-3-16(2)23(34)30-22(17-9-5-4-6-10-17)26(36)33-14-8-13-20(33)24(35)32-25-21(31-27(29)37-25)18-11-7-12-19(28)15-18/h7,11-12,15-17,20,22H,3-6,8-10,13-14H2,1-2H3,(H2,29,31)(H,30,34)(H,32,35)/t16-,20+,22+/m1/s1. The number of carbonyl (C=O) groups is 3. The molecule has 0 spiro atoms. The second kappa shape index (κ2) is 12.3. The summed E-state index contributed by atoms with van der Waals surface area (Å²) in [5.74, 6) is -0.598. The number of nitrogens with two attached hydrogens (primary N) is 1. The van der Waals surface area contributed by atoms with E-state index in [1.54, 1.807) is 17.0 Å². The van der Waals surface area contributed by atoms with Gasteiger partial charge in [-0.15, -0.1) is 0 Å². The molecular formula is C27H36ClN5O3S. The van der Waals surface area contributed by atoms with E-state index in [0.717, 1.165) is 44.1 Å². The lowest BCUT2D eigenvalue weighted by Crippen LogP contribution is -2.56. The normalized spacial score (nSPS) is 19.9. The number of amides is 3. The lowest BCUT2D eigenvalue weighted by atomic mass is 9.83. The number of anilines is 2. The number of nitrogens with one attached hydrogen (secondary N) is 2. The number of carbonyl (C=O) groups excluding carboxylic acids is 3. The fourth-order valence-corrected chi connectivity index (χ4v) is 6.21. The van der Waals surface area contributed by atoms with Crippen LogP contribution in [0.15, 0.2) is 24.3 Å². The molecule has 2 aromatic rings. The summed E-state index contributed by atoms with van der Waals surface area (Å²) in [4.78, 5) is 46.2. The summed E-state index contributed by atoms with van der Waals surface area (Å²) in [5.41, 5.74) is 7.28. The van der Waals surface area contributed by atoms with Gasteiger partial charge < -0.3 is 21.3 Å². The zero-order chi connectivity index (χ0) is 26.5. The number of halogens is 1. The highest BCUT2D eigenvalue weighted by molar-refractivity contribution is 7.20. The molecule has 0 radical (unpaired) electrons. The van der Waals surface area contributed by atoms with Gasteiger partial charge in [0.05, 0.1) is 0 Å². The Bertz CT molecular complexity index is 1130. The first-order valence-electron chi connectivity index (χ1n) is 13.2. The molecule has 1 aliphatic heterocycles. The van der Waals surface area contributed by atoms with Crippen LogP contribution >= 0.6 is 22.9 Å². The van der Waals surface area contributed by atoms with Gasteiger partial charge in [-0.25, -0.2) is 4.98 Å². The number of nitrogens with zero attached hydrogens (tertiary/aromatic N) is 2. The van der Waals surface area contributed by atoms with Gasteiger partial charge in [-0.3, -0.25) is 14.4 Å². The highest BCUT2D eigenvalue weighted by atomic mass is 35.5. The first kappa shape index (κ1) is 27.4. The van der Waals surface area contributed by atoms with Crippen molar-refractivity contribution in [2.45, 2.75) is 77.3 Å². The van der Waals surface area contributed by atoms with Gasteiger partial charge in [0.25, 0.3) is 0 Å². The van der Waals surface area contributed by atoms with Gasteiger partial charge >= 0.3 is 0 Å². The highest BCUT2D eigenvalue weighted by Crippen LogP contribution is 2.36. The Morgan fingerprint density at radius 3 is 2.65 bits per heavy atom. The SMILES string of the molecule is CC[C@@H](C)C(=O)N[C@H](C(=O)N1CCC[C@H]1C(=O)Nc1sc(N)nc1-c1cccc(Cl)c1)C1CCCCC1. The monoisotopic (exact) mass is 545 g/mol. The summed E-state index contributed by atoms with van der Waals surface area (Å²) in [6, 6.07) is 5.99. The maximum absolute atomic E-state index is 13.9. The predicted octanol–water partition coefficient (Wildman–Crippen LogP) is 5.09. The number of likely N-dealkylation sites (tertiary alicyclic amines) is 1. The summed E-state index contributed by atoms with van der Waals surface area (Å²) in [6.45, 7) is 4.33. The molecule has 1 aromatic heterocycles. The molecule has 1 aliphatic carbocycles. The van der Waals surface area contributed by atoms with E-state index >= 15 is 0 Å². The molecule has 8 nitrogen and oxygen atoms in total. The van der Waals surface area contributed by atoms with E-state index in [1.807, 2.05) is 26.0 Å². The number of hydrogen-bond donors (Lipinski definition) is 3. The first-order chi connectivity index (χ1) is 17.8. The molecule has 4 N–H and O–H groups in total. The van der Waals surface area contributed by atoms with E-state index in [0.29, 0.717) is 40.2 Å². The van der Waals surface area contributed by atoms with Crippen LogP contribution in [-0.2, 0) is 14.4 Å². The van der Waals surface area contributed by atoms with E-state index in [-0.39, 0.29) is 29.6 Å². The van der Waals surface area contributed by atoms with E-state index in [4.69, 9.17) is 17.3 Å². The fourth-order valence-electron chi connectivity index (χ4n) is 5.26. The molecule has 3 atom stereocenters. The van der Waals surface area contributed by atoms with Crippen LogP contribution in [0.1, 0.15) is 65.2 Å². The molecule has 200 valence electrons. The molecule has 0 bridgehead atoms. The lowest BCUT2D eigenvalue weighted by Gasteiger charge is -2.35. The average molecular weight is 546 g/mol. The topological polar surface area (TPSA) is 117 Å². The third-order valence-electron chi connectivity index (χ3n) is 7.56. The van der Waals surface area contributed by atoms with Crippen LogP contribution in [0, 0.1) is 11.8 Å². The van der Waals surface area contributed by atoms with Gasteiger partial charge in [-0.2, -0.15) is 0 Å².